The third-order valence-corrected chi connectivity index (χ3v) is 6.07. The molecule has 2 aromatic rings. The second-order valence-electron chi connectivity index (χ2n) is 5.31. The van der Waals surface area contributed by atoms with E-state index in [0.29, 0.717) is 0 Å². The van der Waals surface area contributed by atoms with Gasteiger partial charge < -0.3 is 14.7 Å². The van der Waals surface area contributed by atoms with E-state index in [1.54, 1.807) is 30.2 Å². The van der Waals surface area contributed by atoms with Crippen LogP contribution in [-0.2, 0) is 0 Å². The molecule has 0 saturated carbocycles. The van der Waals surface area contributed by atoms with E-state index in [1.807, 2.05) is 6.92 Å². The highest BCUT2D eigenvalue weighted by molar-refractivity contribution is 8.17. The van der Waals surface area contributed by atoms with Crippen LogP contribution in [0.2, 0.25) is 0 Å². The summed E-state index contributed by atoms with van der Waals surface area (Å²) in [5.74, 6) is 0.844. The molecule has 4 rings (SSSR count). The van der Waals surface area contributed by atoms with Crippen molar-refractivity contribution in [3.63, 3.8) is 0 Å². The van der Waals surface area contributed by atoms with E-state index < -0.39 is 6.10 Å². The number of thioether (sulfide) groups is 1. The van der Waals surface area contributed by atoms with Crippen molar-refractivity contribution in [2.24, 2.45) is 4.99 Å². The third-order valence-electron chi connectivity index (χ3n) is 3.92. The summed E-state index contributed by atoms with van der Waals surface area (Å²) in [6, 6.07) is 6.26. The number of fused-ring (bicyclic) bond motifs is 2. The summed E-state index contributed by atoms with van der Waals surface area (Å²) in [6.45, 7) is 3.50. The Bertz CT molecular complexity index is 808. The van der Waals surface area contributed by atoms with Crippen LogP contribution in [0.5, 0.6) is 5.75 Å². The smallest absolute Gasteiger partial charge is 0.168 e. The number of amidine groups is 1. The van der Waals surface area contributed by atoms with Gasteiger partial charge in [-0.2, -0.15) is 0 Å². The predicted octanol–water partition coefficient (Wildman–Crippen LogP) is 3.38. The van der Waals surface area contributed by atoms with Crippen molar-refractivity contribution in [1.82, 2.24) is 4.90 Å². The summed E-state index contributed by atoms with van der Waals surface area (Å²) in [6.07, 6.45) is -0.506. The van der Waals surface area contributed by atoms with Gasteiger partial charge in [-0.25, -0.2) is 0 Å². The summed E-state index contributed by atoms with van der Waals surface area (Å²) in [5.41, 5.74) is 2.20. The van der Waals surface area contributed by atoms with Gasteiger partial charge in [-0.3, -0.25) is 4.99 Å². The molecule has 22 heavy (non-hydrogen) atoms. The Kier molecular flexibility index (Phi) is 3.40. The van der Waals surface area contributed by atoms with Gasteiger partial charge in [-0.1, -0.05) is 11.8 Å². The standard InChI is InChI=1S/C16H16N2O2S2/c1-9(19)15-14(18-5-4-17-16(18)22-15)12-7-10(20-2)8-13-11(12)3-6-21-13/h3,6-9,19H,4-5H2,1-2H3. The lowest BCUT2D eigenvalue weighted by Gasteiger charge is -2.19. The zero-order chi connectivity index (χ0) is 15.3. The molecule has 0 saturated heterocycles. The van der Waals surface area contributed by atoms with Gasteiger partial charge in [0, 0.05) is 27.1 Å². The molecule has 4 nitrogen and oxygen atoms in total. The molecule has 1 atom stereocenters. The Morgan fingerprint density at radius 2 is 2.27 bits per heavy atom. The summed E-state index contributed by atoms with van der Waals surface area (Å²) < 4.78 is 6.66. The molecule has 0 aliphatic carbocycles. The van der Waals surface area contributed by atoms with Gasteiger partial charge >= 0.3 is 0 Å². The molecule has 1 aromatic heterocycles. The highest BCUT2D eigenvalue weighted by Gasteiger charge is 2.35. The quantitative estimate of drug-likeness (QED) is 0.936. The van der Waals surface area contributed by atoms with Crippen LogP contribution in [0.4, 0.5) is 0 Å². The topological polar surface area (TPSA) is 45.1 Å². The molecular weight excluding hydrogens is 316 g/mol. The number of methoxy groups -OCH3 is 1. The van der Waals surface area contributed by atoms with Gasteiger partial charge in [-0.15, -0.1) is 11.3 Å². The largest absolute Gasteiger partial charge is 0.497 e. The number of benzene rings is 1. The fraction of sp³-hybridized carbons (Fsp3) is 0.312. The molecule has 114 valence electrons. The second-order valence-corrected chi connectivity index (χ2v) is 7.27. The summed E-state index contributed by atoms with van der Waals surface area (Å²) in [7, 11) is 1.69. The zero-order valence-electron chi connectivity index (χ0n) is 12.4. The molecule has 3 heterocycles. The molecule has 1 N–H and O–H groups in total. The number of hydrogen-bond acceptors (Lipinski definition) is 6. The number of thiophene rings is 1. The summed E-state index contributed by atoms with van der Waals surface area (Å²) >= 11 is 3.29. The summed E-state index contributed by atoms with van der Waals surface area (Å²) in [5, 5.41) is 14.5. The van der Waals surface area contributed by atoms with Crippen molar-refractivity contribution in [3.05, 3.63) is 34.0 Å². The predicted molar refractivity (Wildman–Crippen MR) is 93.6 cm³/mol. The van der Waals surface area contributed by atoms with E-state index >= 15 is 0 Å². The Morgan fingerprint density at radius 1 is 1.41 bits per heavy atom. The molecule has 2 aliphatic rings. The monoisotopic (exact) mass is 332 g/mol. The molecule has 0 radical (unpaired) electrons. The molecule has 0 spiro atoms. The highest BCUT2D eigenvalue weighted by atomic mass is 32.2. The first-order valence-electron chi connectivity index (χ1n) is 7.16. The maximum atomic E-state index is 10.2. The Balaban J connectivity index is 1.97. The maximum Gasteiger partial charge on any atom is 0.168 e. The average Bonchev–Trinajstić information content (AvgIpc) is 3.20. The van der Waals surface area contributed by atoms with Crippen LogP contribution in [-0.4, -0.2) is 41.5 Å². The van der Waals surface area contributed by atoms with Crippen molar-refractivity contribution >= 4 is 44.0 Å². The van der Waals surface area contributed by atoms with E-state index in [9.17, 15) is 5.11 Å². The van der Waals surface area contributed by atoms with Gasteiger partial charge in [0.05, 0.1) is 25.5 Å². The van der Waals surface area contributed by atoms with E-state index in [1.165, 1.54) is 10.1 Å². The normalized spacial score (nSPS) is 18.9. The van der Waals surface area contributed by atoms with E-state index in [-0.39, 0.29) is 0 Å². The zero-order valence-corrected chi connectivity index (χ0v) is 14.0. The lowest BCUT2D eigenvalue weighted by molar-refractivity contribution is 0.240. The van der Waals surface area contributed by atoms with Crippen molar-refractivity contribution in [3.8, 4) is 5.75 Å². The van der Waals surface area contributed by atoms with Crippen molar-refractivity contribution in [2.45, 2.75) is 13.0 Å². The van der Waals surface area contributed by atoms with E-state index in [0.717, 1.165) is 40.2 Å². The Morgan fingerprint density at radius 3 is 3.05 bits per heavy atom. The van der Waals surface area contributed by atoms with E-state index in [2.05, 4.69) is 33.5 Å². The SMILES string of the molecule is COc1cc(C2=C(C(C)O)SC3=NCCN32)c2ccsc2c1. The van der Waals surface area contributed by atoms with Crippen LogP contribution >= 0.6 is 23.1 Å². The van der Waals surface area contributed by atoms with Crippen LogP contribution in [0.3, 0.4) is 0 Å². The minimum atomic E-state index is -0.506. The number of aliphatic hydroxyl groups excluding tert-OH is 1. The molecule has 0 bridgehead atoms. The van der Waals surface area contributed by atoms with Crippen LogP contribution < -0.4 is 4.74 Å². The first-order chi connectivity index (χ1) is 10.7. The van der Waals surface area contributed by atoms with Crippen LogP contribution in [0.1, 0.15) is 12.5 Å². The highest BCUT2D eigenvalue weighted by Crippen LogP contribution is 2.46. The van der Waals surface area contributed by atoms with Gasteiger partial charge in [0.15, 0.2) is 5.17 Å². The van der Waals surface area contributed by atoms with Crippen molar-refractivity contribution in [2.75, 3.05) is 20.2 Å². The number of rotatable bonds is 3. The minimum absolute atomic E-state index is 0.506. The Hall–Kier alpha value is -1.50. The molecule has 0 fully saturated rings. The van der Waals surface area contributed by atoms with Crippen LogP contribution in [0, 0.1) is 0 Å². The average molecular weight is 332 g/mol. The van der Waals surface area contributed by atoms with Gasteiger partial charge in [0.1, 0.15) is 5.75 Å². The number of ether oxygens (including phenoxy) is 1. The van der Waals surface area contributed by atoms with E-state index in [4.69, 9.17) is 4.74 Å². The van der Waals surface area contributed by atoms with Gasteiger partial charge in [-0.05, 0) is 30.5 Å². The summed E-state index contributed by atoms with van der Waals surface area (Å²) in [4.78, 5) is 7.73. The third kappa shape index (κ3) is 2.06. The lowest BCUT2D eigenvalue weighted by Crippen LogP contribution is -2.20. The fourth-order valence-electron chi connectivity index (χ4n) is 2.92. The fourth-order valence-corrected chi connectivity index (χ4v) is 4.89. The Labute approximate surface area is 137 Å². The lowest BCUT2D eigenvalue weighted by atomic mass is 10.0. The van der Waals surface area contributed by atoms with Gasteiger partial charge in [0.25, 0.3) is 0 Å². The molecule has 6 heteroatoms. The van der Waals surface area contributed by atoms with Crippen LogP contribution in [0.25, 0.3) is 15.8 Å². The minimum Gasteiger partial charge on any atom is -0.497 e. The first kappa shape index (κ1) is 14.1. The number of aliphatic imine (C=N–C) groups is 1. The molecule has 2 aliphatic heterocycles. The number of hydrogen-bond donors (Lipinski definition) is 1. The number of nitrogens with zero attached hydrogens (tertiary/aromatic N) is 2. The first-order valence-corrected chi connectivity index (χ1v) is 8.86. The second kappa shape index (κ2) is 5.30. The molecule has 0 amide bonds. The maximum absolute atomic E-state index is 10.2. The van der Waals surface area contributed by atoms with Crippen molar-refractivity contribution < 1.29 is 9.84 Å². The van der Waals surface area contributed by atoms with Gasteiger partial charge in [0.2, 0.25) is 0 Å². The molecule has 1 aromatic carbocycles. The molecule has 1 unspecified atom stereocenters. The molecular formula is C16H16N2O2S2. The number of aliphatic hydroxyl groups is 1. The van der Waals surface area contributed by atoms with Crippen LogP contribution in [0.15, 0.2) is 33.5 Å². The van der Waals surface area contributed by atoms with Crippen molar-refractivity contribution in [1.29, 1.82) is 0 Å².